The van der Waals surface area contributed by atoms with Gasteiger partial charge in [0.2, 0.25) is 5.91 Å². The topological polar surface area (TPSA) is 41.1 Å². The lowest BCUT2D eigenvalue weighted by molar-refractivity contribution is -0.115. The minimum atomic E-state index is -0.0307. The van der Waals surface area contributed by atoms with Gasteiger partial charge in [-0.3, -0.25) is 4.79 Å². The van der Waals surface area contributed by atoms with Crippen LogP contribution in [0.1, 0.15) is 31.7 Å². The fourth-order valence-corrected chi connectivity index (χ4v) is 1.81. The summed E-state index contributed by atoms with van der Waals surface area (Å²) in [6.07, 6.45) is 3.50. The molecule has 0 aliphatic rings. The molecule has 4 heteroatoms. The number of halogens is 1. The van der Waals surface area contributed by atoms with Crippen LogP contribution in [0.2, 0.25) is 5.02 Å². The third-order valence-corrected chi connectivity index (χ3v) is 3.19. The molecule has 0 atom stereocenters. The zero-order chi connectivity index (χ0) is 13.4. The summed E-state index contributed by atoms with van der Waals surface area (Å²) >= 11 is 5.99. The maximum Gasteiger partial charge on any atom is 0.238 e. The Hall–Kier alpha value is -1.06. The van der Waals surface area contributed by atoms with Gasteiger partial charge in [-0.2, -0.15) is 0 Å². The largest absolute Gasteiger partial charge is 0.325 e. The second-order valence-electron chi connectivity index (χ2n) is 4.34. The normalized spacial score (nSPS) is 10.4. The summed E-state index contributed by atoms with van der Waals surface area (Å²) in [5, 5.41) is 6.66. The average molecular weight is 269 g/mol. The van der Waals surface area contributed by atoms with Crippen molar-refractivity contribution in [2.24, 2.45) is 0 Å². The second kappa shape index (κ2) is 8.11. The summed E-state index contributed by atoms with van der Waals surface area (Å²) < 4.78 is 0. The molecule has 1 rings (SSSR count). The number of anilines is 1. The molecule has 18 heavy (non-hydrogen) atoms. The average Bonchev–Trinajstić information content (AvgIpc) is 2.35. The van der Waals surface area contributed by atoms with Gasteiger partial charge in [-0.15, -0.1) is 0 Å². The molecule has 2 N–H and O–H groups in total. The summed E-state index contributed by atoms with van der Waals surface area (Å²) in [5.41, 5.74) is 1.68. The van der Waals surface area contributed by atoms with E-state index >= 15 is 0 Å². The molecule has 1 amide bonds. The summed E-state index contributed by atoms with van der Waals surface area (Å²) in [6.45, 7) is 5.28. The van der Waals surface area contributed by atoms with Crippen LogP contribution in [0.5, 0.6) is 0 Å². The number of nitrogens with one attached hydrogen (secondary N) is 2. The maximum atomic E-state index is 11.7. The third-order valence-electron chi connectivity index (χ3n) is 2.78. The van der Waals surface area contributed by atoms with Crippen molar-refractivity contribution in [1.29, 1.82) is 0 Å². The van der Waals surface area contributed by atoms with Crippen LogP contribution in [-0.4, -0.2) is 19.0 Å². The SMILES string of the molecule is CCCCCNCC(=O)Nc1cccc(Cl)c1C. The van der Waals surface area contributed by atoms with Crippen LogP contribution in [-0.2, 0) is 4.79 Å². The first-order chi connectivity index (χ1) is 8.65. The van der Waals surface area contributed by atoms with Gasteiger partial charge < -0.3 is 10.6 Å². The van der Waals surface area contributed by atoms with Gasteiger partial charge >= 0.3 is 0 Å². The van der Waals surface area contributed by atoms with E-state index in [4.69, 9.17) is 11.6 Å². The van der Waals surface area contributed by atoms with E-state index in [1.54, 1.807) is 0 Å². The summed E-state index contributed by atoms with van der Waals surface area (Å²) in [6, 6.07) is 5.51. The van der Waals surface area contributed by atoms with E-state index in [2.05, 4.69) is 17.6 Å². The van der Waals surface area contributed by atoms with Gasteiger partial charge in [0.15, 0.2) is 0 Å². The number of carbonyl (C=O) groups excluding carboxylic acids is 1. The monoisotopic (exact) mass is 268 g/mol. The molecule has 100 valence electrons. The standard InChI is InChI=1S/C14H21ClN2O/c1-3-4-5-9-16-10-14(18)17-13-8-6-7-12(15)11(13)2/h6-8,16H,3-5,9-10H2,1-2H3,(H,17,18). The Labute approximate surface area is 114 Å². The summed E-state index contributed by atoms with van der Waals surface area (Å²) in [7, 11) is 0. The van der Waals surface area contributed by atoms with Crippen molar-refractivity contribution >= 4 is 23.2 Å². The molecule has 0 heterocycles. The van der Waals surface area contributed by atoms with E-state index in [0.29, 0.717) is 11.6 Å². The molecule has 0 aromatic heterocycles. The number of amides is 1. The Morgan fingerprint density at radius 3 is 2.83 bits per heavy atom. The van der Waals surface area contributed by atoms with Gasteiger partial charge in [0, 0.05) is 10.7 Å². The molecular formula is C14H21ClN2O. The first kappa shape index (κ1) is 15.0. The molecule has 0 fully saturated rings. The number of unbranched alkanes of at least 4 members (excludes halogenated alkanes) is 2. The molecule has 0 aliphatic heterocycles. The number of rotatable bonds is 7. The smallest absolute Gasteiger partial charge is 0.238 e. The zero-order valence-electron chi connectivity index (χ0n) is 11.1. The number of hydrogen-bond donors (Lipinski definition) is 2. The summed E-state index contributed by atoms with van der Waals surface area (Å²) in [4.78, 5) is 11.7. The van der Waals surface area contributed by atoms with Crippen LogP contribution in [0.4, 0.5) is 5.69 Å². The van der Waals surface area contributed by atoms with Crippen molar-refractivity contribution in [3.05, 3.63) is 28.8 Å². The van der Waals surface area contributed by atoms with Crippen LogP contribution in [0.25, 0.3) is 0 Å². The third kappa shape index (κ3) is 5.07. The van der Waals surface area contributed by atoms with Crippen LogP contribution in [0.3, 0.4) is 0 Å². The summed E-state index contributed by atoms with van der Waals surface area (Å²) in [5.74, 6) is -0.0307. The molecule has 3 nitrogen and oxygen atoms in total. The van der Waals surface area contributed by atoms with Crippen molar-refractivity contribution in [1.82, 2.24) is 5.32 Å². The predicted molar refractivity (Wildman–Crippen MR) is 77.2 cm³/mol. The molecule has 0 saturated carbocycles. The highest BCUT2D eigenvalue weighted by Gasteiger charge is 2.05. The zero-order valence-corrected chi connectivity index (χ0v) is 11.8. The van der Waals surface area contributed by atoms with E-state index in [9.17, 15) is 4.79 Å². The van der Waals surface area contributed by atoms with Crippen LogP contribution < -0.4 is 10.6 Å². The highest BCUT2D eigenvalue weighted by molar-refractivity contribution is 6.31. The molecule has 0 aliphatic carbocycles. The second-order valence-corrected chi connectivity index (χ2v) is 4.75. The minimum absolute atomic E-state index is 0.0307. The van der Waals surface area contributed by atoms with Crippen molar-refractivity contribution < 1.29 is 4.79 Å². The van der Waals surface area contributed by atoms with E-state index in [0.717, 1.165) is 24.2 Å². The van der Waals surface area contributed by atoms with Gasteiger partial charge in [0.05, 0.1) is 6.54 Å². The number of benzene rings is 1. The van der Waals surface area contributed by atoms with Crippen molar-refractivity contribution in [3.63, 3.8) is 0 Å². The van der Waals surface area contributed by atoms with Gasteiger partial charge in [-0.25, -0.2) is 0 Å². The van der Waals surface area contributed by atoms with Gasteiger partial charge in [-0.1, -0.05) is 37.4 Å². The molecule has 0 unspecified atom stereocenters. The Morgan fingerprint density at radius 2 is 2.11 bits per heavy atom. The first-order valence-electron chi connectivity index (χ1n) is 6.40. The lowest BCUT2D eigenvalue weighted by Crippen LogP contribution is -2.29. The molecule has 0 radical (unpaired) electrons. The fourth-order valence-electron chi connectivity index (χ4n) is 1.64. The molecule has 0 spiro atoms. The van der Waals surface area contributed by atoms with Crippen molar-refractivity contribution in [2.75, 3.05) is 18.4 Å². The Bertz CT molecular complexity index is 393. The molecule has 0 saturated heterocycles. The van der Waals surface area contributed by atoms with E-state index in [1.165, 1.54) is 12.8 Å². The van der Waals surface area contributed by atoms with Crippen molar-refractivity contribution in [3.8, 4) is 0 Å². The maximum absolute atomic E-state index is 11.7. The Morgan fingerprint density at radius 1 is 1.33 bits per heavy atom. The predicted octanol–water partition coefficient (Wildman–Crippen LogP) is 3.37. The lowest BCUT2D eigenvalue weighted by Gasteiger charge is -2.10. The molecule has 0 bridgehead atoms. The van der Waals surface area contributed by atoms with Crippen molar-refractivity contribution in [2.45, 2.75) is 33.1 Å². The highest BCUT2D eigenvalue weighted by atomic mass is 35.5. The van der Waals surface area contributed by atoms with Crippen LogP contribution >= 0.6 is 11.6 Å². The fraction of sp³-hybridized carbons (Fsp3) is 0.500. The van der Waals surface area contributed by atoms with Crippen LogP contribution in [0, 0.1) is 6.92 Å². The highest BCUT2D eigenvalue weighted by Crippen LogP contribution is 2.22. The number of hydrogen-bond acceptors (Lipinski definition) is 2. The van der Waals surface area contributed by atoms with Gasteiger partial charge in [-0.05, 0) is 37.6 Å². The van der Waals surface area contributed by atoms with E-state index in [1.807, 2.05) is 25.1 Å². The van der Waals surface area contributed by atoms with E-state index in [-0.39, 0.29) is 5.91 Å². The lowest BCUT2D eigenvalue weighted by atomic mass is 10.2. The molecule has 1 aromatic rings. The quantitative estimate of drug-likeness (QED) is 0.745. The minimum Gasteiger partial charge on any atom is -0.325 e. The number of carbonyl (C=O) groups is 1. The molecule has 1 aromatic carbocycles. The Kier molecular flexibility index (Phi) is 6.76. The van der Waals surface area contributed by atoms with Gasteiger partial charge in [0.1, 0.15) is 0 Å². The molecular weight excluding hydrogens is 248 g/mol. The van der Waals surface area contributed by atoms with E-state index < -0.39 is 0 Å². The Balaban J connectivity index is 2.34. The van der Waals surface area contributed by atoms with Gasteiger partial charge in [0.25, 0.3) is 0 Å². The first-order valence-corrected chi connectivity index (χ1v) is 6.78. The van der Waals surface area contributed by atoms with Crippen LogP contribution in [0.15, 0.2) is 18.2 Å².